The number of rotatable bonds is 68. The van der Waals surface area contributed by atoms with Gasteiger partial charge in [0.15, 0.2) is 12.2 Å². The molecule has 0 saturated carbocycles. The molecule has 0 spiro atoms. The molecule has 17 nitrogen and oxygen atoms in total. The topological polar surface area (TPSA) is 237 Å². The minimum absolute atomic E-state index is 0.105. The van der Waals surface area contributed by atoms with Crippen molar-refractivity contribution in [3.05, 3.63) is 0 Å². The third-order valence-electron chi connectivity index (χ3n) is 17.0. The summed E-state index contributed by atoms with van der Waals surface area (Å²) in [5.41, 5.74) is 0. The third kappa shape index (κ3) is 62.2. The quantitative estimate of drug-likeness (QED) is 0.0222. The van der Waals surface area contributed by atoms with Gasteiger partial charge in [-0.3, -0.25) is 37.3 Å². The second kappa shape index (κ2) is 60.7. The fraction of sp³-hybridized carbons (Fsp3) is 0.944. The normalized spacial score (nSPS) is 14.9. The number of unbranched alkanes of at least 4 members (excludes halogenated alkanes) is 32. The number of hydrogen-bond donors (Lipinski definition) is 3. The maximum Gasteiger partial charge on any atom is 0.472 e. The lowest BCUT2D eigenvalue weighted by molar-refractivity contribution is -0.161. The Labute approximate surface area is 549 Å². The van der Waals surface area contributed by atoms with E-state index in [2.05, 4.69) is 55.4 Å². The van der Waals surface area contributed by atoms with Crippen molar-refractivity contribution in [1.82, 2.24) is 0 Å². The van der Waals surface area contributed by atoms with E-state index in [4.69, 9.17) is 37.0 Å². The number of hydrogen-bond acceptors (Lipinski definition) is 15. The highest BCUT2D eigenvalue weighted by atomic mass is 31.2. The lowest BCUT2D eigenvalue weighted by atomic mass is 9.99. The molecular weight excluding hydrogens is 1190 g/mol. The molecule has 0 aromatic carbocycles. The zero-order valence-electron chi connectivity index (χ0n) is 58.8. The summed E-state index contributed by atoms with van der Waals surface area (Å²) in [4.78, 5) is 72.6. The van der Waals surface area contributed by atoms with Crippen LogP contribution in [0.15, 0.2) is 0 Å². The van der Waals surface area contributed by atoms with E-state index in [1.165, 1.54) is 148 Å². The van der Waals surface area contributed by atoms with Gasteiger partial charge >= 0.3 is 39.5 Å². The van der Waals surface area contributed by atoms with Crippen molar-refractivity contribution in [2.24, 2.45) is 23.7 Å². The molecule has 0 rings (SSSR count). The molecule has 90 heavy (non-hydrogen) atoms. The summed E-state index contributed by atoms with van der Waals surface area (Å²) in [6, 6.07) is 0. The zero-order chi connectivity index (χ0) is 66.8. The average molecular weight is 1330 g/mol. The van der Waals surface area contributed by atoms with Gasteiger partial charge in [0.25, 0.3) is 0 Å². The molecule has 0 heterocycles. The van der Waals surface area contributed by atoms with E-state index in [-0.39, 0.29) is 25.7 Å². The van der Waals surface area contributed by atoms with E-state index in [9.17, 15) is 43.2 Å². The maximum absolute atomic E-state index is 13.0. The summed E-state index contributed by atoms with van der Waals surface area (Å²) in [5, 5.41) is 10.6. The summed E-state index contributed by atoms with van der Waals surface area (Å²) in [6.07, 6.45) is 43.0. The molecule has 0 aliphatic heterocycles. The summed E-state index contributed by atoms with van der Waals surface area (Å²) in [7, 11) is -9.90. The van der Waals surface area contributed by atoms with Crippen LogP contribution in [0.5, 0.6) is 0 Å². The van der Waals surface area contributed by atoms with E-state index in [0.717, 1.165) is 114 Å². The van der Waals surface area contributed by atoms with Crippen molar-refractivity contribution in [3.8, 4) is 0 Å². The van der Waals surface area contributed by atoms with Crippen molar-refractivity contribution in [2.45, 2.75) is 369 Å². The number of carbonyl (C=O) groups is 4. The first kappa shape index (κ1) is 88.1. The number of esters is 4. The maximum atomic E-state index is 13.0. The molecule has 7 atom stereocenters. The Kier molecular flexibility index (Phi) is 59.4. The molecule has 0 aromatic rings. The van der Waals surface area contributed by atoms with Gasteiger partial charge in [-0.05, 0) is 49.4 Å². The van der Waals surface area contributed by atoms with Crippen LogP contribution in [-0.2, 0) is 65.4 Å². The summed E-state index contributed by atoms with van der Waals surface area (Å²) >= 11 is 0. The molecule has 0 aliphatic carbocycles. The molecule has 19 heteroatoms. The molecule has 0 bridgehead atoms. The van der Waals surface area contributed by atoms with Gasteiger partial charge in [0.2, 0.25) is 0 Å². The summed E-state index contributed by atoms with van der Waals surface area (Å²) in [6.45, 7) is 14.1. The van der Waals surface area contributed by atoms with Crippen LogP contribution in [0.3, 0.4) is 0 Å². The fourth-order valence-corrected chi connectivity index (χ4v) is 12.2. The highest BCUT2D eigenvalue weighted by molar-refractivity contribution is 7.47. The van der Waals surface area contributed by atoms with E-state index >= 15 is 0 Å². The highest BCUT2D eigenvalue weighted by Crippen LogP contribution is 2.45. The second-order valence-corrected chi connectivity index (χ2v) is 30.0. The molecule has 3 N–H and O–H groups in total. The van der Waals surface area contributed by atoms with Crippen LogP contribution in [0.2, 0.25) is 0 Å². The summed E-state index contributed by atoms with van der Waals surface area (Å²) < 4.78 is 68.3. The van der Waals surface area contributed by atoms with Gasteiger partial charge in [-0.15, -0.1) is 0 Å². The number of phosphoric ester groups is 2. The molecular formula is C71H138O17P2. The minimum Gasteiger partial charge on any atom is -0.462 e. The van der Waals surface area contributed by atoms with Crippen LogP contribution in [0.1, 0.15) is 351 Å². The monoisotopic (exact) mass is 1320 g/mol. The van der Waals surface area contributed by atoms with Gasteiger partial charge in [-0.2, -0.15) is 0 Å². The van der Waals surface area contributed by atoms with Crippen molar-refractivity contribution < 1.29 is 80.2 Å². The number of phosphoric acid groups is 2. The predicted molar refractivity (Wildman–Crippen MR) is 363 cm³/mol. The minimum atomic E-state index is -4.95. The van der Waals surface area contributed by atoms with Gasteiger partial charge in [0.05, 0.1) is 26.4 Å². The van der Waals surface area contributed by atoms with Crippen molar-refractivity contribution in [2.75, 3.05) is 39.6 Å². The van der Waals surface area contributed by atoms with Crippen LogP contribution in [0.4, 0.5) is 0 Å². The van der Waals surface area contributed by atoms with E-state index in [1.807, 2.05) is 0 Å². The van der Waals surface area contributed by atoms with E-state index in [0.29, 0.717) is 31.6 Å². The number of aliphatic hydroxyl groups is 1. The molecule has 0 saturated heterocycles. The standard InChI is InChI=1S/C71H138O17P2/c1-9-63(7)49-41-33-25-17-11-13-19-27-35-43-51-68(73)81-57-66(88-71(76)54-46-38-29-21-15-16-23-31-39-47-61(3)4)59-85-89(77,78)83-55-65(72)56-84-90(79,80)86-60-67(58-82-69(74)52-44-36-30-22-24-32-40-48-62(5)6)87-70(75)53-45-37-28-20-14-12-18-26-34-42-50-64(8)10-2/h61-67,72H,9-60H2,1-8H3,(H,77,78)(H,79,80)/t63?,64?,65?,66-,67-/m1/s1. The van der Waals surface area contributed by atoms with Crippen LogP contribution >= 0.6 is 15.6 Å². The van der Waals surface area contributed by atoms with Crippen LogP contribution in [0.25, 0.3) is 0 Å². The SMILES string of the molecule is CCC(C)CCCCCCCCCCCCC(=O)OC[C@H](COP(=O)(O)OCC(O)COP(=O)(O)OC[C@@H](COC(=O)CCCCCCCCCC(C)C)OC(=O)CCCCCCCCCCCCC(C)CC)OC(=O)CCCCCCCCCCCC(C)C. The van der Waals surface area contributed by atoms with Crippen LogP contribution in [0, 0.1) is 23.7 Å². The van der Waals surface area contributed by atoms with Crippen LogP contribution in [-0.4, -0.2) is 96.7 Å². The van der Waals surface area contributed by atoms with E-state index in [1.54, 1.807) is 0 Å². The molecule has 534 valence electrons. The molecule has 5 unspecified atom stereocenters. The highest BCUT2D eigenvalue weighted by Gasteiger charge is 2.30. The van der Waals surface area contributed by atoms with Crippen molar-refractivity contribution in [3.63, 3.8) is 0 Å². The Balaban J connectivity index is 5.26. The Bertz CT molecular complexity index is 1790. The average Bonchev–Trinajstić information content (AvgIpc) is 3.60. The number of aliphatic hydroxyl groups excluding tert-OH is 1. The Morgan fingerprint density at radius 2 is 0.533 bits per heavy atom. The third-order valence-corrected chi connectivity index (χ3v) is 18.9. The van der Waals surface area contributed by atoms with Gasteiger partial charge in [-0.1, -0.05) is 299 Å². The first-order valence-corrected chi connectivity index (χ1v) is 39.8. The fourth-order valence-electron chi connectivity index (χ4n) is 10.6. The van der Waals surface area contributed by atoms with Gasteiger partial charge in [0, 0.05) is 25.7 Å². The molecule has 0 aliphatic rings. The van der Waals surface area contributed by atoms with Gasteiger partial charge in [-0.25, -0.2) is 9.13 Å². The first-order chi connectivity index (χ1) is 43.2. The summed E-state index contributed by atoms with van der Waals surface area (Å²) in [5.74, 6) is 0.925. The largest absolute Gasteiger partial charge is 0.472 e. The molecule has 0 fully saturated rings. The second-order valence-electron chi connectivity index (χ2n) is 27.1. The van der Waals surface area contributed by atoms with Crippen molar-refractivity contribution in [1.29, 1.82) is 0 Å². The van der Waals surface area contributed by atoms with Crippen molar-refractivity contribution >= 4 is 39.5 Å². The smallest absolute Gasteiger partial charge is 0.462 e. The zero-order valence-corrected chi connectivity index (χ0v) is 60.6. The lowest BCUT2D eigenvalue weighted by Crippen LogP contribution is -2.30. The Morgan fingerprint density at radius 1 is 0.311 bits per heavy atom. The molecule has 0 amide bonds. The number of carbonyl (C=O) groups excluding carboxylic acids is 4. The molecule has 0 radical (unpaired) electrons. The van der Waals surface area contributed by atoms with Gasteiger partial charge < -0.3 is 33.8 Å². The first-order valence-electron chi connectivity index (χ1n) is 36.8. The Morgan fingerprint density at radius 3 is 0.789 bits per heavy atom. The van der Waals surface area contributed by atoms with E-state index < -0.39 is 97.5 Å². The predicted octanol–water partition coefficient (Wildman–Crippen LogP) is 20.1. The number of ether oxygens (including phenoxy) is 4. The van der Waals surface area contributed by atoms with Crippen LogP contribution < -0.4 is 0 Å². The lowest BCUT2D eigenvalue weighted by Gasteiger charge is -2.21. The molecule has 0 aromatic heterocycles. The van der Waals surface area contributed by atoms with Gasteiger partial charge in [0.1, 0.15) is 19.3 Å². The Hall–Kier alpha value is -1.94.